The van der Waals surface area contributed by atoms with Gasteiger partial charge in [0.25, 0.3) is 5.91 Å². The summed E-state index contributed by atoms with van der Waals surface area (Å²) < 4.78 is 13.3. The normalized spacial score (nSPS) is 22.9. The largest absolute Gasteiger partial charge is 0.326 e. The first-order valence-corrected chi connectivity index (χ1v) is 10.7. The van der Waals surface area contributed by atoms with Crippen molar-refractivity contribution < 1.29 is 14.0 Å². The molecule has 0 bridgehead atoms. The van der Waals surface area contributed by atoms with Gasteiger partial charge < -0.3 is 5.32 Å². The molecule has 0 aromatic heterocycles. The van der Waals surface area contributed by atoms with Gasteiger partial charge in [-0.3, -0.25) is 9.69 Å². The Morgan fingerprint density at radius 2 is 1.64 bits per heavy atom. The number of imide groups is 1. The maximum absolute atomic E-state index is 13.3. The van der Waals surface area contributed by atoms with Crippen LogP contribution < -0.4 is 5.32 Å². The van der Waals surface area contributed by atoms with Gasteiger partial charge in [0.2, 0.25) is 0 Å². The molecule has 1 heterocycles. The number of carbonyl (C=O) groups is 2. The zero-order chi connectivity index (χ0) is 19.6. The SMILES string of the molecule is O=C1NC2(CCCCC2)C(=O)N1CN(Cc1ccc(F)cc1)C1CCCCC1. The Labute approximate surface area is 166 Å². The van der Waals surface area contributed by atoms with Crippen LogP contribution in [0.25, 0.3) is 0 Å². The van der Waals surface area contributed by atoms with Crippen LogP contribution in [0.3, 0.4) is 0 Å². The van der Waals surface area contributed by atoms with E-state index in [-0.39, 0.29) is 17.8 Å². The molecule has 1 aliphatic heterocycles. The van der Waals surface area contributed by atoms with Crippen LogP contribution in [0.5, 0.6) is 0 Å². The van der Waals surface area contributed by atoms with E-state index in [9.17, 15) is 14.0 Å². The highest BCUT2D eigenvalue weighted by atomic mass is 19.1. The highest BCUT2D eigenvalue weighted by molar-refractivity contribution is 6.07. The number of benzene rings is 1. The van der Waals surface area contributed by atoms with Crippen LogP contribution in [0.1, 0.15) is 69.8 Å². The highest BCUT2D eigenvalue weighted by Crippen LogP contribution is 2.34. The van der Waals surface area contributed by atoms with Gasteiger partial charge in [0.05, 0.1) is 6.67 Å². The molecule has 0 unspecified atom stereocenters. The minimum atomic E-state index is -0.677. The molecule has 1 aromatic rings. The highest BCUT2D eigenvalue weighted by Gasteiger charge is 2.51. The van der Waals surface area contributed by atoms with Gasteiger partial charge in [-0.1, -0.05) is 50.7 Å². The molecule has 2 aliphatic carbocycles. The molecule has 2 saturated carbocycles. The summed E-state index contributed by atoms with van der Waals surface area (Å²) in [4.78, 5) is 29.5. The Bertz CT molecular complexity index is 709. The standard InChI is InChI=1S/C22H30FN3O2/c23-18-11-9-17(10-12-18)15-25(19-7-3-1-4-8-19)16-26-20(27)22(24-21(26)28)13-5-2-6-14-22/h9-12,19H,1-8,13-16H2,(H,24,28). The summed E-state index contributed by atoms with van der Waals surface area (Å²) in [5.74, 6) is -0.307. The van der Waals surface area contributed by atoms with Gasteiger partial charge in [0.1, 0.15) is 11.4 Å². The molecule has 5 nitrogen and oxygen atoms in total. The van der Waals surface area contributed by atoms with Crippen molar-refractivity contribution in [2.45, 2.75) is 82.3 Å². The van der Waals surface area contributed by atoms with Crippen molar-refractivity contribution in [3.8, 4) is 0 Å². The third-order valence-electron chi connectivity index (χ3n) is 6.67. The Balaban J connectivity index is 1.52. The lowest BCUT2D eigenvalue weighted by Gasteiger charge is -2.36. The molecule has 1 aromatic carbocycles. The topological polar surface area (TPSA) is 52.7 Å². The van der Waals surface area contributed by atoms with Gasteiger partial charge in [-0.15, -0.1) is 0 Å². The molecule has 1 spiro atoms. The van der Waals surface area contributed by atoms with Crippen molar-refractivity contribution >= 4 is 11.9 Å². The number of urea groups is 1. The van der Waals surface area contributed by atoms with Crippen LogP contribution >= 0.6 is 0 Å². The molecule has 3 aliphatic rings. The Morgan fingerprint density at radius 1 is 1.00 bits per heavy atom. The minimum Gasteiger partial charge on any atom is -0.323 e. The maximum Gasteiger partial charge on any atom is 0.326 e. The summed E-state index contributed by atoms with van der Waals surface area (Å²) >= 11 is 0. The third kappa shape index (κ3) is 3.93. The molecule has 0 radical (unpaired) electrons. The minimum absolute atomic E-state index is 0.0582. The van der Waals surface area contributed by atoms with E-state index in [2.05, 4.69) is 10.2 Å². The van der Waals surface area contributed by atoms with E-state index in [0.29, 0.717) is 19.3 Å². The lowest BCUT2D eigenvalue weighted by Crippen LogP contribution is -2.50. The summed E-state index contributed by atoms with van der Waals surface area (Å²) in [7, 11) is 0. The van der Waals surface area contributed by atoms with Crippen LogP contribution in [0, 0.1) is 5.82 Å². The number of nitrogens with one attached hydrogen (secondary N) is 1. The molecule has 3 amide bonds. The van der Waals surface area contributed by atoms with Crippen molar-refractivity contribution in [1.29, 1.82) is 0 Å². The number of rotatable bonds is 5. The van der Waals surface area contributed by atoms with E-state index in [4.69, 9.17) is 0 Å². The zero-order valence-electron chi connectivity index (χ0n) is 16.5. The first-order valence-electron chi connectivity index (χ1n) is 10.7. The van der Waals surface area contributed by atoms with Crippen molar-refractivity contribution in [3.05, 3.63) is 35.6 Å². The molecule has 4 rings (SSSR count). The second-order valence-corrected chi connectivity index (χ2v) is 8.61. The van der Waals surface area contributed by atoms with Gasteiger partial charge >= 0.3 is 6.03 Å². The predicted molar refractivity (Wildman–Crippen MR) is 105 cm³/mol. The van der Waals surface area contributed by atoms with Gasteiger partial charge in [-0.05, 0) is 43.4 Å². The Hall–Kier alpha value is -1.95. The fraction of sp³-hybridized carbons (Fsp3) is 0.636. The zero-order valence-corrected chi connectivity index (χ0v) is 16.5. The molecule has 0 atom stereocenters. The van der Waals surface area contributed by atoms with Gasteiger partial charge in [0.15, 0.2) is 0 Å². The summed E-state index contributed by atoms with van der Waals surface area (Å²) in [6.07, 6.45) is 10.3. The van der Waals surface area contributed by atoms with E-state index in [1.165, 1.54) is 36.3 Å². The number of hydrogen-bond donors (Lipinski definition) is 1. The lowest BCUT2D eigenvalue weighted by atomic mass is 9.82. The van der Waals surface area contributed by atoms with Gasteiger partial charge in [0, 0.05) is 12.6 Å². The van der Waals surface area contributed by atoms with Crippen LogP contribution in [-0.2, 0) is 11.3 Å². The fourth-order valence-electron chi connectivity index (χ4n) is 5.05. The van der Waals surface area contributed by atoms with E-state index >= 15 is 0 Å². The van der Waals surface area contributed by atoms with Crippen LogP contribution in [0.15, 0.2) is 24.3 Å². The second kappa shape index (κ2) is 8.19. The quantitative estimate of drug-likeness (QED) is 0.772. The summed E-state index contributed by atoms with van der Waals surface area (Å²) in [6.45, 7) is 0.934. The number of halogens is 1. The van der Waals surface area contributed by atoms with Crippen LogP contribution in [-0.4, -0.2) is 40.0 Å². The average molecular weight is 387 g/mol. The van der Waals surface area contributed by atoms with Crippen LogP contribution in [0.4, 0.5) is 9.18 Å². The van der Waals surface area contributed by atoms with Gasteiger partial charge in [-0.25, -0.2) is 14.1 Å². The summed E-state index contributed by atoms with van der Waals surface area (Å²) in [5.41, 5.74) is 0.329. The van der Waals surface area contributed by atoms with E-state index in [0.717, 1.165) is 50.5 Å². The van der Waals surface area contributed by atoms with Crippen molar-refractivity contribution in [2.24, 2.45) is 0 Å². The number of amides is 3. The monoisotopic (exact) mass is 387 g/mol. The molecular weight excluding hydrogens is 357 g/mol. The maximum atomic E-state index is 13.3. The number of carbonyl (C=O) groups excluding carboxylic acids is 2. The molecular formula is C22H30FN3O2. The second-order valence-electron chi connectivity index (χ2n) is 8.61. The molecule has 28 heavy (non-hydrogen) atoms. The smallest absolute Gasteiger partial charge is 0.323 e. The molecule has 1 saturated heterocycles. The van der Waals surface area contributed by atoms with E-state index < -0.39 is 5.54 Å². The van der Waals surface area contributed by atoms with Crippen molar-refractivity contribution in [3.63, 3.8) is 0 Å². The predicted octanol–water partition coefficient (Wildman–Crippen LogP) is 4.17. The van der Waals surface area contributed by atoms with E-state index in [1.54, 1.807) is 12.1 Å². The molecule has 152 valence electrons. The first-order chi connectivity index (χ1) is 13.6. The third-order valence-corrected chi connectivity index (χ3v) is 6.67. The summed E-state index contributed by atoms with van der Waals surface area (Å²) in [5, 5.41) is 3.01. The molecule has 1 N–H and O–H groups in total. The fourth-order valence-corrected chi connectivity index (χ4v) is 5.05. The number of hydrogen-bond acceptors (Lipinski definition) is 3. The number of nitrogens with zero attached hydrogens (tertiary/aromatic N) is 2. The van der Waals surface area contributed by atoms with Crippen LogP contribution in [0.2, 0.25) is 0 Å². The average Bonchev–Trinajstić information content (AvgIpc) is 2.94. The van der Waals surface area contributed by atoms with Gasteiger partial charge in [-0.2, -0.15) is 0 Å². The Morgan fingerprint density at radius 3 is 2.32 bits per heavy atom. The van der Waals surface area contributed by atoms with Crippen molar-refractivity contribution in [1.82, 2.24) is 15.1 Å². The van der Waals surface area contributed by atoms with Crippen molar-refractivity contribution in [2.75, 3.05) is 6.67 Å². The summed E-state index contributed by atoms with van der Waals surface area (Å²) in [6, 6.07) is 6.62. The first kappa shape index (κ1) is 19.4. The lowest BCUT2D eigenvalue weighted by molar-refractivity contribution is -0.134. The Kier molecular flexibility index (Phi) is 5.67. The molecule has 3 fully saturated rings. The van der Waals surface area contributed by atoms with E-state index in [1.807, 2.05) is 0 Å². The molecule has 6 heteroatoms.